The van der Waals surface area contributed by atoms with E-state index in [0.29, 0.717) is 12.1 Å². The first-order valence-electron chi connectivity index (χ1n) is 13.5. The Morgan fingerprint density at radius 1 is 0.404 bits per heavy atom. The standard InChI is InChI=1S/C30H18F12O3Si2/c31-27(32,33)25(28(34,35)36)21-15-7-9-17-23(21)46(43-25,19-11-3-1-4-12-19)45-47(20-13-5-2-6-14-20)24-18-10-8-16-22(24)26(44-47,29(37,38)39)30(40,41)42/h1-18H. The number of benzene rings is 4. The Balaban J connectivity index is 1.76. The Bertz CT molecular complexity index is 1630. The van der Waals surface area contributed by atoms with Gasteiger partial charge in [0.1, 0.15) is 0 Å². The van der Waals surface area contributed by atoms with Gasteiger partial charge in [0.2, 0.25) is 0 Å². The van der Waals surface area contributed by atoms with E-state index in [9.17, 15) is 52.7 Å². The smallest absolute Gasteiger partial charge is 0.401 e. The highest BCUT2D eigenvalue weighted by molar-refractivity contribution is 7.05. The van der Waals surface area contributed by atoms with Crippen molar-refractivity contribution in [3.05, 3.63) is 120 Å². The van der Waals surface area contributed by atoms with Gasteiger partial charge in [-0.05, 0) is 10.4 Å². The zero-order valence-electron chi connectivity index (χ0n) is 23.2. The zero-order chi connectivity index (χ0) is 34.3. The number of fused-ring (bicyclic) bond motifs is 2. The first kappa shape index (κ1) is 33.3. The van der Waals surface area contributed by atoms with Crippen LogP contribution in [0.5, 0.6) is 0 Å². The number of hydrogen-bond donors (Lipinski definition) is 0. The number of rotatable bonds is 4. The van der Waals surface area contributed by atoms with Crippen molar-refractivity contribution >= 4 is 37.9 Å². The molecule has 0 fully saturated rings. The molecule has 0 bridgehead atoms. The van der Waals surface area contributed by atoms with E-state index in [4.69, 9.17) is 13.0 Å². The summed E-state index contributed by atoms with van der Waals surface area (Å²) >= 11 is 0. The van der Waals surface area contributed by atoms with E-state index in [-0.39, 0.29) is 0 Å². The highest BCUT2D eigenvalue weighted by atomic mass is 28.5. The van der Waals surface area contributed by atoms with Crippen LogP contribution in [0.2, 0.25) is 0 Å². The van der Waals surface area contributed by atoms with Gasteiger partial charge in [-0.1, -0.05) is 109 Å². The minimum Gasteiger partial charge on any atom is -0.401 e. The molecular formula is C30H18F12O3Si2. The maximum atomic E-state index is 14.9. The van der Waals surface area contributed by atoms with Gasteiger partial charge in [-0.2, -0.15) is 52.7 Å². The summed E-state index contributed by atoms with van der Waals surface area (Å²) in [7, 11) is -11.4. The van der Waals surface area contributed by atoms with E-state index in [1.54, 1.807) is 0 Å². The third kappa shape index (κ3) is 4.46. The van der Waals surface area contributed by atoms with Gasteiger partial charge in [0.15, 0.2) is 0 Å². The number of halogens is 12. The lowest BCUT2D eigenvalue weighted by Crippen LogP contribution is -2.74. The summed E-state index contributed by atoms with van der Waals surface area (Å²) in [6.07, 6.45) is -24.9. The summed E-state index contributed by atoms with van der Waals surface area (Å²) in [6, 6.07) is 18.2. The molecule has 47 heavy (non-hydrogen) atoms. The third-order valence-electron chi connectivity index (χ3n) is 8.11. The largest absolute Gasteiger partial charge is 0.429 e. The zero-order valence-corrected chi connectivity index (χ0v) is 25.2. The molecule has 6 rings (SSSR count). The molecule has 17 heteroatoms. The fourth-order valence-corrected chi connectivity index (χ4v) is 15.7. The monoisotopic (exact) mass is 710 g/mol. The molecule has 2 unspecified atom stereocenters. The van der Waals surface area contributed by atoms with Crippen molar-refractivity contribution in [3.63, 3.8) is 0 Å². The van der Waals surface area contributed by atoms with Crippen LogP contribution in [-0.4, -0.2) is 41.8 Å². The average Bonchev–Trinajstić information content (AvgIpc) is 3.49. The van der Waals surface area contributed by atoms with Gasteiger partial charge in [-0.25, -0.2) is 0 Å². The highest BCUT2D eigenvalue weighted by Gasteiger charge is 2.84. The van der Waals surface area contributed by atoms with Crippen LogP contribution in [0.15, 0.2) is 109 Å². The molecule has 0 saturated carbocycles. The molecule has 0 aromatic heterocycles. The van der Waals surface area contributed by atoms with Crippen molar-refractivity contribution in [1.82, 2.24) is 0 Å². The second-order valence-electron chi connectivity index (χ2n) is 10.7. The maximum Gasteiger partial charge on any atom is 0.429 e. The molecular weight excluding hydrogens is 692 g/mol. The summed E-state index contributed by atoms with van der Waals surface area (Å²) < 4.78 is 195. The summed E-state index contributed by atoms with van der Waals surface area (Å²) in [5.74, 6) is 0. The van der Waals surface area contributed by atoms with E-state index in [1.165, 1.54) is 36.4 Å². The van der Waals surface area contributed by atoms with Crippen LogP contribution in [0.3, 0.4) is 0 Å². The van der Waals surface area contributed by atoms with E-state index in [0.717, 1.165) is 60.7 Å². The topological polar surface area (TPSA) is 27.7 Å². The van der Waals surface area contributed by atoms with Gasteiger partial charge < -0.3 is 13.0 Å². The minimum absolute atomic E-state index is 0.455. The molecule has 2 atom stereocenters. The fourth-order valence-electron chi connectivity index (χ4n) is 6.18. The lowest BCUT2D eigenvalue weighted by atomic mass is 9.92. The molecule has 0 amide bonds. The van der Waals surface area contributed by atoms with E-state index in [2.05, 4.69) is 0 Å². The predicted octanol–water partition coefficient (Wildman–Crippen LogP) is 6.22. The van der Waals surface area contributed by atoms with Crippen LogP contribution in [0.1, 0.15) is 11.1 Å². The molecule has 4 aromatic rings. The van der Waals surface area contributed by atoms with Gasteiger partial charge in [0.25, 0.3) is 11.2 Å². The van der Waals surface area contributed by atoms with Crippen molar-refractivity contribution in [2.24, 2.45) is 0 Å². The molecule has 0 N–H and O–H groups in total. The first-order valence-corrected chi connectivity index (χ1v) is 17.1. The van der Waals surface area contributed by atoms with E-state index >= 15 is 0 Å². The van der Waals surface area contributed by atoms with Gasteiger partial charge in [0.05, 0.1) is 0 Å². The minimum atomic E-state index is -6.23. The third-order valence-corrected chi connectivity index (χ3v) is 16.1. The fraction of sp³-hybridized carbons (Fsp3) is 0.200. The molecule has 0 saturated heterocycles. The highest BCUT2D eigenvalue weighted by Crippen LogP contribution is 2.59. The maximum absolute atomic E-state index is 14.9. The molecule has 248 valence electrons. The number of alkyl halides is 12. The van der Waals surface area contributed by atoms with Crippen LogP contribution in [-0.2, 0) is 24.2 Å². The van der Waals surface area contributed by atoms with Gasteiger partial charge in [-0.15, -0.1) is 0 Å². The molecule has 4 aromatic carbocycles. The molecule has 0 aliphatic carbocycles. The Morgan fingerprint density at radius 2 is 0.681 bits per heavy atom. The van der Waals surface area contributed by atoms with Crippen molar-refractivity contribution in [3.8, 4) is 0 Å². The molecule has 0 spiro atoms. The Hall–Kier alpha value is -3.65. The Kier molecular flexibility index (Phi) is 7.38. The van der Waals surface area contributed by atoms with E-state index in [1.807, 2.05) is 0 Å². The predicted molar refractivity (Wildman–Crippen MR) is 147 cm³/mol. The van der Waals surface area contributed by atoms with Crippen molar-refractivity contribution in [1.29, 1.82) is 0 Å². The first-order chi connectivity index (χ1) is 21.8. The van der Waals surface area contributed by atoms with Crippen LogP contribution >= 0.6 is 0 Å². The number of hydrogen-bond acceptors (Lipinski definition) is 3. The second kappa shape index (κ2) is 10.4. The van der Waals surface area contributed by atoms with E-state index < -0.39 is 84.9 Å². The summed E-state index contributed by atoms with van der Waals surface area (Å²) in [5.41, 5.74) is -13.1. The van der Waals surface area contributed by atoms with Crippen molar-refractivity contribution in [2.45, 2.75) is 35.9 Å². The molecule has 2 heterocycles. The summed E-state index contributed by atoms with van der Waals surface area (Å²) in [4.78, 5) is 0. The van der Waals surface area contributed by atoms with Crippen molar-refractivity contribution in [2.75, 3.05) is 0 Å². The summed E-state index contributed by atoms with van der Waals surface area (Å²) in [5, 5.41) is -2.55. The SMILES string of the molecule is FC(F)(F)C1(C(F)(F)F)O[Si](O[Si]2(c3ccccc3)OC(C(F)(F)F)(C(F)(F)F)c3ccccc32)(c2ccccc2)c2ccccc21. The molecule has 0 radical (unpaired) electrons. The lowest BCUT2D eigenvalue weighted by molar-refractivity contribution is -0.368. The van der Waals surface area contributed by atoms with Crippen LogP contribution in [0, 0.1) is 0 Å². The Labute approximate surface area is 259 Å². The van der Waals surface area contributed by atoms with Gasteiger partial charge in [0, 0.05) is 21.5 Å². The molecule has 2 aliphatic heterocycles. The van der Waals surface area contributed by atoms with Crippen LogP contribution in [0.25, 0.3) is 0 Å². The van der Waals surface area contributed by atoms with Crippen molar-refractivity contribution < 1.29 is 65.7 Å². The lowest BCUT2D eigenvalue weighted by Gasteiger charge is -2.42. The van der Waals surface area contributed by atoms with Gasteiger partial charge >= 0.3 is 41.8 Å². The summed E-state index contributed by atoms with van der Waals surface area (Å²) in [6.45, 7) is 0. The van der Waals surface area contributed by atoms with Gasteiger partial charge in [-0.3, -0.25) is 0 Å². The average molecular weight is 711 g/mol. The normalized spacial score (nSPS) is 23.7. The quantitative estimate of drug-likeness (QED) is 0.186. The van der Waals surface area contributed by atoms with Crippen LogP contribution < -0.4 is 20.7 Å². The second-order valence-corrected chi connectivity index (χ2v) is 16.6. The van der Waals surface area contributed by atoms with Crippen LogP contribution in [0.4, 0.5) is 52.7 Å². The Morgan fingerprint density at radius 3 is 0.979 bits per heavy atom. The molecule has 2 aliphatic rings. The molecule has 3 nitrogen and oxygen atoms in total.